The lowest BCUT2D eigenvalue weighted by molar-refractivity contribution is -0.135. The van der Waals surface area contributed by atoms with Crippen molar-refractivity contribution in [2.24, 2.45) is 0 Å². The van der Waals surface area contributed by atoms with Crippen LogP contribution in [-0.4, -0.2) is 47.7 Å². The molecule has 1 aromatic carbocycles. The van der Waals surface area contributed by atoms with E-state index in [-0.39, 0.29) is 18.2 Å². The highest BCUT2D eigenvalue weighted by molar-refractivity contribution is 7.92. The van der Waals surface area contributed by atoms with E-state index in [9.17, 15) is 13.2 Å². The first-order chi connectivity index (χ1) is 12.8. The maximum atomic E-state index is 12.4. The largest absolute Gasteiger partial charge is 0.341 e. The van der Waals surface area contributed by atoms with Crippen molar-refractivity contribution >= 4 is 15.7 Å². The van der Waals surface area contributed by atoms with Gasteiger partial charge in [-0.3, -0.25) is 4.79 Å². The van der Waals surface area contributed by atoms with Crippen molar-refractivity contribution in [2.45, 2.75) is 55.1 Å². The summed E-state index contributed by atoms with van der Waals surface area (Å²) in [5, 5.41) is 3.56. The molecule has 1 aliphatic heterocycles. The van der Waals surface area contributed by atoms with Gasteiger partial charge in [-0.1, -0.05) is 17.3 Å². The zero-order valence-corrected chi connectivity index (χ0v) is 16.3. The Morgan fingerprint density at radius 2 is 1.85 bits per heavy atom. The summed E-state index contributed by atoms with van der Waals surface area (Å²) in [7, 11) is -3.29. The average molecular weight is 389 g/mol. The smallest absolute Gasteiger partial charge is 0.233 e. The van der Waals surface area contributed by atoms with E-state index in [1.54, 1.807) is 43.0 Å². The molecule has 1 amide bonds. The van der Waals surface area contributed by atoms with Gasteiger partial charge in [-0.15, -0.1) is 0 Å². The summed E-state index contributed by atoms with van der Waals surface area (Å²) >= 11 is 0. The van der Waals surface area contributed by atoms with Crippen LogP contribution in [0.3, 0.4) is 0 Å². The Morgan fingerprint density at radius 3 is 2.44 bits per heavy atom. The Kier molecular flexibility index (Phi) is 4.53. The van der Waals surface area contributed by atoms with Gasteiger partial charge in [-0.2, -0.15) is 4.98 Å². The van der Waals surface area contributed by atoms with Crippen molar-refractivity contribution < 1.29 is 17.7 Å². The van der Waals surface area contributed by atoms with Crippen LogP contribution >= 0.6 is 0 Å². The minimum absolute atomic E-state index is 0.0210. The van der Waals surface area contributed by atoms with Gasteiger partial charge in [0.2, 0.25) is 11.8 Å². The van der Waals surface area contributed by atoms with Crippen molar-refractivity contribution in [3.63, 3.8) is 0 Å². The van der Waals surface area contributed by atoms with Crippen LogP contribution in [0.15, 0.2) is 33.7 Å². The van der Waals surface area contributed by atoms with Crippen LogP contribution < -0.4 is 0 Å². The fourth-order valence-corrected chi connectivity index (χ4v) is 4.17. The van der Waals surface area contributed by atoms with Crippen molar-refractivity contribution in [3.8, 4) is 0 Å². The first kappa shape index (κ1) is 18.2. The van der Waals surface area contributed by atoms with E-state index in [1.807, 2.05) is 0 Å². The molecule has 0 unspecified atom stereocenters. The molecule has 4 rings (SSSR count). The van der Waals surface area contributed by atoms with Gasteiger partial charge in [0.25, 0.3) is 0 Å². The normalized spacial score (nSPS) is 18.0. The predicted octanol–water partition coefficient (Wildman–Crippen LogP) is 2.30. The van der Waals surface area contributed by atoms with E-state index in [2.05, 4.69) is 10.1 Å². The lowest BCUT2D eigenvalue weighted by atomic mass is 9.99. The summed E-state index contributed by atoms with van der Waals surface area (Å²) in [4.78, 5) is 18.9. The van der Waals surface area contributed by atoms with Gasteiger partial charge in [0, 0.05) is 19.0 Å². The number of nitrogens with zero attached hydrogens (tertiary/aromatic N) is 3. The number of sulfone groups is 1. The van der Waals surface area contributed by atoms with Gasteiger partial charge in [0.1, 0.15) is 0 Å². The van der Waals surface area contributed by atoms with Gasteiger partial charge in [0.05, 0.1) is 22.5 Å². The molecular weight excluding hydrogens is 366 g/mol. The van der Waals surface area contributed by atoms with Crippen molar-refractivity contribution in [2.75, 3.05) is 13.1 Å². The van der Waals surface area contributed by atoms with Gasteiger partial charge in [-0.25, -0.2) is 8.42 Å². The van der Waals surface area contributed by atoms with E-state index < -0.39 is 15.1 Å². The fourth-order valence-electron chi connectivity index (χ4n) is 3.11. The molecule has 1 aliphatic carbocycles. The second-order valence-corrected chi connectivity index (χ2v) is 10.2. The molecule has 2 aliphatic rings. The molecule has 1 aromatic heterocycles. The van der Waals surface area contributed by atoms with Crippen LogP contribution in [0.4, 0.5) is 0 Å². The topological polar surface area (TPSA) is 93.4 Å². The first-order valence-corrected chi connectivity index (χ1v) is 10.8. The van der Waals surface area contributed by atoms with Crippen LogP contribution in [0.25, 0.3) is 0 Å². The summed E-state index contributed by atoms with van der Waals surface area (Å²) in [6, 6.07) is 6.58. The second-order valence-electron chi connectivity index (χ2n) is 7.68. The summed E-state index contributed by atoms with van der Waals surface area (Å²) in [5.74, 6) is 2.03. The highest BCUT2D eigenvalue weighted by atomic mass is 32.2. The average Bonchev–Trinajstić information content (AvgIpc) is 3.33. The standard InChI is InChI=1S/C19H23N3O4S/c1-12(2)27(24,25)16-7-3-13(4-8-16)9-17(23)22-10-15(11-22)19-20-18(21-26-19)14-5-6-14/h3-4,7-8,12,14-15H,5-6,9-11H2,1-2H3. The minimum Gasteiger partial charge on any atom is -0.341 e. The monoisotopic (exact) mass is 389 g/mol. The molecule has 27 heavy (non-hydrogen) atoms. The van der Waals surface area contributed by atoms with Crippen LogP contribution in [0.2, 0.25) is 0 Å². The number of amides is 1. The molecule has 1 saturated carbocycles. The Balaban J connectivity index is 1.32. The maximum absolute atomic E-state index is 12.4. The number of carbonyl (C=O) groups excluding carboxylic acids is 1. The highest BCUT2D eigenvalue weighted by Gasteiger charge is 2.37. The Bertz CT molecular complexity index is 940. The maximum Gasteiger partial charge on any atom is 0.233 e. The molecule has 0 N–H and O–H groups in total. The summed E-state index contributed by atoms with van der Waals surface area (Å²) < 4.78 is 29.6. The molecule has 144 valence electrons. The number of aromatic nitrogens is 2. The molecule has 2 heterocycles. The van der Waals surface area contributed by atoms with Crippen molar-refractivity contribution in [3.05, 3.63) is 41.5 Å². The first-order valence-electron chi connectivity index (χ1n) is 9.28. The number of hydrogen-bond acceptors (Lipinski definition) is 6. The van der Waals surface area contributed by atoms with E-state index in [0.717, 1.165) is 24.2 Å². The summed E-state index contributed by atoms with van der Waals surface area (Å²) in [5.41, 5.74) is 0.806. The number of benzene rings is 1. The number of likely N-dealkylation sites (tertiary alicyclic amines) is 1. The van der Waals surface area contributed by atoms with Crippen molar-refractivity contribution in [1.82, 2.24) is 15.0 Å². The molecule has 0 spiro atoms. The molecule has 7 nitrogen and oxygen atoms in total. The van der Waals surface area contributed by atoms with Gasteiger partial charge in [0.15, 0.2) is 15.7 Å². The third-order valence-electron chi connectivity index (χ3n) is 5.21. The molecule has 2 aromatic rings. The molecular formula is C19H23N3O4S. The third kappa shape index (κ3) is 3.63. The SMILES string of the molecule is CC(C)S(=O)(=O)c1ccc(CC(=O)N2CC(c3nc(C4CC4)no3)C2)cc1. The number of hydrogen-bond donors (Lipinski definition) is 0. The summed E-state index contributed by atoms with van der Waals surface area (Å²) in [6.45, 7) is 4.49. The zero-order valence-electron chi connectivity index (χ0n) is 15.5. The predicted molar refractivity (Wildman–Crippen MR) is 98.1 cm³/mol. The molecule has 2 fully saturated rings. The quantitative estimate of drug-likeness (QED) is 0.752. The van der Waals surface area contributed by atoms with Gasteiger partial charge >= 0.3 is 0 Å². The van der Waals surface area contributed by atoms with E-state index >= 15 is 0 Å². The van der Waals surface area contributed by atoms with Crippen LogP contribution in [-0.2, 0) is 21.1 Å². The Morgan fingerprint density at radius 1 is 1.19 bits per heavy atom. The van der Waals surface area contributed by atoms with E-state index in [4.69, 9.17) is 4.52 Å². The van der Waals surface area contributed by atoms with E-state index in [1.165, 1.54) is 0 Å². The van der Waals surface area contributed by atoms with Crippen molar-refractivity contribution in [1.29, 1.82) is 0 Å². The molecule has 0 bridgehead atoms. The van der Waals surface area contributed by atoms with E-state index in [0.29, 0.717) is 29.8 Å². The zero-order chi connectivity index (χ0) is 19.2. The lowest BCUT2D eigenvalue weighted by Gasteiger charge is -2.37. The number of rotatable bonds is 6. The third-order valence-corrected chi connectivity index (χ3v) is 7.38. The molecule has 0 atom stereocenters. The summed E-state index contributed by atoms with van der Waals surface area (Å²) in [6.07, 6.45) is 2.52. The number of carbonyl (C=O) groups is 1. The molecule has 0 radical (unpaired) electrons. The van der Waals surface area contributed by atoms with Gasteiger partial charge < -0.3 is 9.42 Å². The molecule has 1 saturated heterocycles. The Labute approximate surface area is 158 Å². The highest BCUT2D eigenvalue weighted by Crippen LogP contribution is 2.39. The lowest BCUT2D eigenvalue weighted by Crippen LogP contribution is -2.49. The minimum atomic E-state index is -3.29. The second kappa shape index (κ2) is 6.74. The van der Waals surface area contributed by atoms with Crippen LogP contribution in [0, 0.1) is 0 Å². The Hall–Kier alpha value is -2.22. The van der Waals surface area contributed by atoms with Crippen LogP contribution in [0.5, 0.6) is 0 Å². The van der Waals surface area contributed by atoms with Crippen LogP contribution in [0.1, 0.15) is 55.8 Å². The fraction of sp³-hybridized carbons (Fsp3) is 0.526. The van der Waals surface area contributed by atoms with Gasteiger partial charge in [-0.05, 0) is 44.4 Å². The molecule has 8 heteroatoms.